The normalized spacial score (nSPS) is 27.0. The van der Waals surface area contributed by atoms with E-state index in [0.717, 1.165) is 12.1 Å². The van der Waals surface area contributed by atoms with Crippen LogP contribution in [-0.4, -0.2) is 37.2 Å². The molecule has 0 aromatic heterocycles. The van der Waals surface area contributed by atoms with E-state index in [-0.39, 0.29) is 11.5 Å². The molecule has 1 aliphatic rings. The summed E-state index contributed by atoms with van der Waals surface area (Å²) >= 11 is 0. The van der Waals surface area contributed by atoms with Crippen molar-refractivity contribution in [1.82, 2.24) is 0 Å². The van der Waals surface area contributed by atoms with E-state index < -0.39 is 39.3 Å². The Hall–Kier alpha value is -1.21. The summed E-state index contributed by atoms with van der Waals surface area (Å²) in [4.78, 5) is 0. The number of hydrogen-bond donors (Lipinski definition) is 2. The summed E-state index contributed by atoms with van der Waals surface area (Å²) in [6.45, 7) is 0. The Morgan fingerprint density at radius 2 is 1.82 bits per heavy atom. The zero-order valence-electron chi connectivity index (χ0n) is 8.73. The number of nitrogens with one attached hydrogen (secondary N) is 1. The fourth-order valence-corrected chi connectivity index (χ4v) is 3.53. The number of para-hydroxylation sites is 1. The van der Waals surface area contributed by atoms with Gasteiger partial charge in [0.15, 0.2) is 9.84 Å². The molecule has 0 bridgehead atoms. The van der Waals surface area contributed by atoms with Gasteiger partial charge >= 0.3 is 0 Å². The Balaban J connectivity index is 2.22. The lowest BCUT2D eigenvalue weighted by Gasteiger charge is -2.17. The van der Waals surface area contributed by atoms with Gasteiger partial charge in [-0.2, -0.15) is 0 Å². The molecular formula is C10H11F2NO3S. The van der Waals surface area contributed by atoms with E-state index in [2.05, 4.69) is 5.32 Å². The summed E-state index contributed by atoms with van der Waals surface area (Å²) in [6.07, 6.45) is -1.15. The van der Waals surface area contributed by atoms with Crippen LogP contribution in [0.2, 0.25) is 0 Å². The first-order chi connectivity index (χ1) is 7.89. The Labute approximate surface area is 97.2 Å². The number of hydrogen-bond acceptors (Lipinski definition) is 4. The Morgan fingerprint density at radius 1 is 1.24 bits per heavy atom. The fourth-order valence-electron chi connectivity index (χ4n) is 1.79. The van der Waals surface area contributed by atoms with Crippen LogP contribution in [0.3, 0.4) is 0 Å². The molecule has 2 N–H and O–H groups in total. The molecule has 7 heteroatoms. The third kappa shape index (κ3) is 2.55. The maximum absolute atomic E-state index is 13.3. The van der Waals surface area contributed by atoms with Crippen LogP contribution in [0, 0.1) is 11.6 Å². The van der Waals surface area contributed by atoms with Gasteiger partial charge in [0.1, 0.15) is 17.3 Å². The molecule has 1 aliphatic heterocycles. The monoisotopic (exact) mass is 263 g/mol. The van der Waals surface area contributed by atoms with Crippen LogP contribution < -0.4 is 5.32 Å². The smallest absolute Gasteiger partial charge is 0.155 e. The topological polar surface area (TPSA) is 66.4 Å². The van der Waals surface area contributed by atoms with Gasteiger partial charge in [-0.05, 0) is 12.1 Å². The third-order valence-electron chi connectivity index (χ3n) is 2.62. The molecule has 0 amide bonds. The maximum Gasteiger partial charge on any atom is 0.155 e. The van der Waals surface area contributed by atoms with Crippen molar-refractivity contribution in [2.45, 2.75) is 12.1 Å². The number of aliphatic hydroxyl groups excluding tert-OH is 1. The molecule has 0 spiro atoms. The van der Waals surface area contributed by atoms with Crippen molar-refractivity contribution >= 4 is 15.5 Å². The minimum absolute atomic E-state index is 0.331. The Morgan fingerprint density at radius 3 is 2.29 bits per heavy atom. The van der Waals surface area contributed by atoms with E-state index in [4.69, 9.17) is 0 Å². The number of sulfone groups is 1. The SMILES string of the molecule is O=S1(=O)CC(O)C(Nc2c(F)cccc2F)C1. The second-order valence-electron chi connectivity index (χ2n) is 3.99. The number of aliphatic hydroxyl groups is 1. The second kappa shape index (κ2) is 4.23. The van der Waals surface area contributed by atoms with Crippen LogP contribution in [0.1, 0.15) is 0 Å². The third-order valence-corrected chi connectivity index (χ3v) is 4.33. The highest BCUT2D eigenvalue weighted by molar-refractivity contribution is 7.91. The highest BCUT2D eigenvalue weighted by Gasteiger charge is 2.37. The number of benzene rings is 1. The predicted molar refractivity (Wildman–Crippen MR) is 58.4 cm³/mol. The molecule has 0 aliphatic carbocycles. The summed E-state index contributed by atoms with van der Waals surface area (Å²) in [5, 5.41) is 11.9. The van der Waals surface area contributed by atoms with E-state index in [9.17, 15) is 22.3 Å². The number of halogens is 2. The van der Waals surface area contributed by atoms with Crippen molar-refractivity contribution < 1.29 is 22.3 Å². The molecule has 1 fully saturated rings. The standard InChI is InChI=1S/C10H11F2NO3S/c11-6-2-1-3-7(12)10(6)13-8-4-17(15,16)5-9(8)14/h1-3,8-9,13-14H,4-5H2. The fraction of sp³-hybridized carbons (Fsp3) is 0.400. The lowest BCUT2D eigenvalue weighted by atomic mass is 10.2. The van der Waals surface area contributed by atoms with Crippen LogP contribution in [0.4, 0.5) is 14.5 Å². The van der Waals surface area contributed by atoms with Crippen molar-refractivity contribution in [3.63, 3.8) is 0 Å². The van der Waals surface area contributed by atoms with Crippen LogP contribution in [0.15, 0.2) is 18.2 Å². The maximum atomic E-state index is 13.3. The van der Waals surface area contributed by atoms with Gasteiger partial charge in [-0.3, -0.25) is 0 Å². The molecule has 1 aromatic rings. The molecule has 0 radical (unpaired) electrons. The van der Waals surface area contributed by atoms with Crippen LogP contribution in [-0.2, 0) is 9.84 Å². The molecule has 1 aromatic carbocycles. The van der Waals surface area contributed by atoms with Crippen molar-refractivity contribution in [3.8, 4) is 0 Å². The van der Waals surface area contributed by atoms with Gasteiger partial charge in [0.2, 0.25) is 0 Å². The molecule has 94 valence electrons. The Bertz CT molecular complexity index is 512. The minimum atomic E-state index is -3.35. The largest absolute Gasteiger partial charge is 0.390 e. The van der Waals surface area contributed by atoms with E-state index in [0.29, 0.717) is 0 Å². The summed E-state index contributed by atoms with van der Waals surface area (Å²) < 4.78 is 49.0. The molecule has 0 saturated carbocycles. The molecule has 1 heterocycles. The highest BCUT2D eigenvalue weighted by Crippen LogP contribution is 2.23. The van der Waals surface area contributed by atoms with Crippen molar-refractivity contribution in [1.29, 1.82) is 0 Å². The minimum Gasteiger partial charge on any atom is -0.390 e. The molecule has 2 rings (SSSR count). The molecule has 2 atom stereocenters. The summed E-state index contributed by atoms with van der Waals surface area (Å²) in [7, 11) is -3.35. The van der Waals surface area contributed by atoms with Gasteiger partial charge < -0.3 is 10.4 Å². The first-order valence-electron chi connectivity index (χ1n) is 4.98. The Kier molecular flexibility index (Phi) is 3.05. The summed E-state index contributed by atoms with van der Waals surface area (Å²) in [5.41, 5.74) is -0.409. The van der Waals surface area contributed by atoms with Gasteiger partial charge in [0.25, 0.3) is 0 Å². The highest BCUT2D eigenvalue weighted by atomic mass is 32.2. The first-order valence-corrected chi connectivity index (χ1v) is 6.80. The predicted octanol–water partition coefficient (Wildman–Crippen LogP) is 0.535. The zero-order valence-corrected chi connectivity index (χ0v) is 9.55. The first kappa shape index (κ1) is 12.3. The van der Waals surface area contributed by atoms with Crippen LogP contribution >= 0.6 is 0 Å². The number of anilines is 1. The summed E-state index contributed by atoms with van der Waals surface area (Å²) in [6, 6.07) is 2.44. The quantitative estimate of drug-likeness (QED) is 0.817. The average Bonchev–Trinajstić information content (AvgIpc) is 2.46. The van der Waals surface area contributed by atoms with Crippen molar-refractivity contribution in [2.24, 2.45) is 0 Å². The molecular weight excluding hydrogens is 252 g/mol. The van der Waals surface area contributed by atoms with Gasteiger partial charge in [0.05, 0.1) is 23.7 Å². The lowest BCUT2D eigenvalue weighted by Crippen LogP contribution is -2.32. The molecule has 1 saturated heterocycles. The molecule has 4 nitrogen and oxygen atoms in total. The van der Waals surface area contributed by atoms with Gasteiger partial charge in [-0.1, -0.05) is 6.07 Å². The van der Waals surface area contributed by atoms with Crippen LogP contribution in [0.5, 0.6) is 0 Å². The van der Waals surface area contributed by atoms with E-state index in [1.54, 1.807) is 0 Å². The van der Waals surface area contributed by atoms with E-state index in [1.807, 2.05) is 0 Å². The van der Waals surface area contributed by atoms with Gasteiger partial charge in [-0.15, -0.1) is 0 Å². The van der Waals surface area contributed by atoms with Gasteiger partial charge in [0, 0.05) is 0 Å². The van der Waals surface area contributed by atoms with E-state index >= 15 is 0 Å². The van der Waals surface area contributed by atoms with E-state index in [1.165, 1.54) is 6.07 Å². The van der Waals surface area contributed by atoms with Crippen LogP contribution in [0.25, 0.3) is 0 Å². The zero-order chi connectivity index (χ0) is 12.6. The van der Waals surface area contributed by atoms with Crippen molar-refractivity contribution in [3.05, 3.63) is 29.8 Å². The molecule has 17 heavy (non-hydrogen) atoms. The molecule has 2 unspecified atom stereocenters. The van der Waals surface area contributed by atoms with Gasteiger partial charge in [-0.25, -0.2) is 17.2 Å². The lowest BCUT2D eigenvalue weighted by molar-refractivity contribution is 0.190. The second-order valence-corrected chi connectivity index (χ2v) is 6.15. The number of rotatable bonds is 2. The van der Waals surface area contributed by atoms with Crippen molar-refractivity contribution in [2.75, 3.05) is 16.8 Å². The summed E-state index contributed by atoms with van der Waals surface area (Å²) in [5.74, 6) is -2.36. The average molecular weight is 263 g/mol.